The van der Waals surface area contributed by atoms with Gasteiger partial charge in [-0.15, -0.1) is 11.3 Å². The monoisotopic (exact) mass is 450 g/mol. The molecule has 148 valence electrons. The third kappa shape index (κ3) is 3.69. The molecule has 1 N–H and O–H groups in total. The topological polar surface area (TPSA) is 64.4 Å². The molecule has 0 saturated heterocycles. The number of hydrogen-bond donors (Lipinski definition) is 1. The van der Waals surface area contributed by atoms with Gasteiger partial charge >= 0.3 is 5.97 Å². The molecule has 0 fully saturated rings. The third-order valence-electron chi connectivity index (χ3n) is 4.35. The molecule has 0 radical (unpaired) electrons. The van der Waals surface area contributed by atoms with E-state index in [0.29, 0.717) is 21.1 Å². The van der Waals surface area contributed by atoms with Gasteiger partial charge in [-0.3, -0.25) is 4.57 Å². The number of ether oxygens (including phenoxy) is 1. The van der Waals surface area contributed by atoms with Gasteiger partial charge in [0.15, 0.2) is 4.88 Å². The van der Waals surface area contributed by atoms with E-state index < -0.39 is 17.9 Å². The van der Waals surface area contributed by atoms with Crippen molar-refractivity contribution in [3.8, 4) is 10.8 Å². The Morgan fingerprint density at radius 1 is 1.24 bits per heavy atom. The van der Waals surface area contributed by atoms with Crippen molar-refractivity contribution in [1.82, 2.24) is 9.55 Å². The first-order valence-corrected chi connectivity index (χ1v) is 10.0. The predicted molar refractivity (Wildman–Crippen MR) is 111 cm³/mol. The number of thiophene rings is 1. The molecule has 2 aromatic heterocycles. The lowest BCUT2D eigenvalue weighted by atomic mass is 10.1. The summed E-state index contributed by atoms with van der Waals surface area (Å²) < 4.78 is 21.5. The van der Waals surface area contributed by atoms with Crippen LogP contribution in [0.15, 0.2) is 48.8 Å². The van der Waals surface area contributed by atoms with Gasteiger partial charge in [-0.05, 0) is 19.1 Å². The van der Waals surface area contributed by atoms with Crippen LogP contribution < -0.4 is 4.74 Å². The summed E-state index contributed by atoms with van der Waals surface area (Å²) in [6.45, 7) is 1.79. The van der Waals surface area contributed by atoms with Crippen LogP contribution >= 0.6 is 34.5 Å². The number of aromatic carboxylic acids is 1. The molecule has 0 unspecified atom stereocenters. The Bertz CT molecular complexity index is 1240. The fraction of sp³-hybridized carbons (Fsp3) is 0.100. The minimum Gasteiger partial charge on any atom is -0.484 e. The van der Waals surface area contributed by atoms with Crippen LogP contribution in [0.2, 0.25) is 10.0 Å². The van der Waals surface area contributed by atoms with E-state index in [1.807, 2.05) is 12.1 Å². The molecule has 0 spiro atoms. The Balaban J connectivity index is 1.75. The van der Waals surface area contributed by atoms with Crippen molar-refractivity contribution in [3.05, 3.63) is 75.1 Å². The van der Waals surface area contributed by atoms with Gasteiger partial charge in [0, 0.05) is 22.7 Å². The predicted octanol–water partition coefficient (Wildman–Crippen LogP) is 6.37. The molecule has 4 aromatic rings. The fourth-order valence-corrected chi connectivity index (χ4v) is 4.32. The van der Waals surface area contributed by atoms with Gasteiger partial charge in [0.05, 0.1) is 16.1 Å². The molecule has 0 aliphatic heterocycles. The number of hydrogen-bond acceptors (Lipinski definition) is 4. The Morgan fingerprint density at radius 2 is 2.00 bits per heavy atom. The van der Waals surface area contributed by atoms with E-state index in [1.165, 1.54) is 18.5 Å². The highest BCUT2D eigenvalue weighted by Gasteiger charge is 2.22. The molecule has 2 aromatic carbocycles. The van der Waals surface area contributed by atoms with Crippen LogP contribution in [0.1, 0.15) is 28.3 Å². The number of carbonyl (C=O) groups is 1. The number of carboxylic acids is 1. The maximum Gasteiger partial charge on any atom is 0.349 e. The molecule has 4 rings (SSSR count). The van der Waals surface area contributed by atoms with Crippen molar-refractivity contribution in [2.24, 2.45) is 0 Å². The maximum atomic E-state index is 13.9. The minimum atomic E-state index is -1.12. The average molecular weight is 451 g/mol. The first kappa shape index (κ1) is 19.7. The average Bonchev–Trinajstić information content (AvgIpc) is 3.26. The Hall–Kier alpha value is -2.61. The first-order valence-electron chi connectivity index (χ1n) is 8.46. The normalized spacial score (nSPS) is 12.3. The molecule has 5 nitrogen and oxygen atoms in total. The number of fused-ring (bicyclic) bond motifs is 1. The Labute approximate surface area is 178 Å². The number of rotatable bonds is 5. The Kier molecular flexibility index (Phi) is 5.21. The second-order valence-corrected chi connectivity index (χ2v) is 8.08. The summed E-state index contributed by atoms with van der Waals surface area (Å²) in [4.78, 5) is 16.0. The summed E-state index contributed by atoms with van der Waals surface area (Å²) >= 11 is 13.0. The van der Waals surface area contributed by atoms with Crippen molar-refractivity contribution in [1.29, 1.82) is 0 Å². The van der Waals surface area contributed by atoms with E-state index in [9.17, 15) is 14.3 Å². The van der Waals surface area contributed by atoms with E-state index in [-0.39, 0.29) is 15.6 Å². The second kappa shape index (κ2) is 7.67. The van der Waals surface area contributed by atoms with E-state index in [2.05, 4.69) is 4.98 Å². The van der Waals surface area contributed by atoms with Gasteiger partial charge in [-0.25, -0.2) is 14.2 Å². The molecule has 0 aliphatic carbocycles. The lowest BCUT2D eigenvalue weighted by molar-refractivity contribution is 0.0696. The van der Waals surface area contributed by atoms with Crippen LogP contribution in [0, 0.1) is 5.82 Å². The fourth-order valence-electron chi connectivity index (χ4n) is 2.96. The largest absolute Gasteiger partial charge is 0.484 e. The van der Waals surface area contributed by atoms with E-state index in [0.717, 1.165) is 16.9 Å². The number of benzene rings is 2. The maximum absolute atomic E-state index is 13.9. The van der Waals surface area contributed by atoms with Crippen LogP contribution in [0.25, 0.3) is 16.0 Å². The molecular weight excluding hydrogens is 438 g/mol. The molecule has 9 heteroatoms. The lowest BCUT2D eigenvalue weighted by Gasteiger charge is -2.15. The van der Waals surface area contributed by atoms with Gasteiger partial charge in [0.25, 0.3) is 0 Å². The van der Waals surface area contributed by atoms with Crippen molar-refractivity contribution in [2.75, 3.05) is 0 Å². The smallest absolute Gasteiger partial charge is 0.349 e. The minimum absolute atomic E-state index is 0.0233. The van der Waals surface area contributed by atoms with Gasteiger partial charge < -0.3 is 9.84 Å². The summed E-state index contributed by atoms with van der Waals surface area (Å²) in [7, 11) is 0. The highest BCUT2D eigenvalue weighted by molar-refractivity contribution is 7.16. The number of halogens is 3. The molecule has 2 heterocycles. The Morgan fingerprint density at radius 3 is 2.72 bits per heavy atom. The van der Waals surface area contributed by atoms with E-state index in [4.69, 9.17) is 27.9 Å². The molecular formula is C20H13Cl2FN2O3S. The zero-order chi connectivity index (χ0) is 20.7. The van der Waals surface area contributed by atoms with Crippen molar-refractivity contribution in [3.63, 3.8) is 0 Å². The van der Waals surface area contributed by atoms with Crippen LogP contribution in [0.5, 0.6) is 5.75 Å². The molecule has 0 bridgehead atoms. The van der Waals surface area contributed by atoms with Crippen molar-refractivity contribution >= 4 is 51.5 Å². The highest BCUT2D eigenvalue weighted by Crippen LogP contribution is 2.37. The van der Waals surface area contributed by atoms with Crippen LogP contribution in [-0.2, 0) is 0 Å². The van der Waals surface area contributed by atoms with Gasteiger partial charge in [-0.2, -0.15) is 0 Å². The molecule has 0 amide bonds. The summed E-state index contributed by atoms with van der Waals surface area (Å²) in [6.07, 6.45) is 1.01. The van der Waals surface area contributed by atoms with Gasteiger partial charge in [-0.1, -0.05) is 41.4 Å². The standard InChI is InChI=1S/C20H13Cl2FN2O3S/c1-10(11-4-2-3-5-12(11)21)28-17-8-18(29-19(17)20(26)27)25-9-24-15-6-13(22)14(23)7-16(15)25/h2-10H,1H3,(H,26,27)/t10-/m1/s1. The molecule has 0 saturated carbocycles. The summed E-state index contributed by atoms with van der Waals surface area (Å²) in [5, 5.41) is 10.6. The molecule has 1 atom stereocenters. The second-order valence-electron chi connectivity index (χ2n) is 6.23. The van der Waals surface area contributed by atoms with Crippen LogP contribution in [0.4, 0.5) is 4.39 Å². The zero-order valence-corrected chi connectivity index (χ0v) is 17.2. The number of imidazole rings is 1. The summed E-state index contributed by atoms with van der Waals surface area (Å²) in [6, 6.07) is 11.5. The summed E-state index contributed by atoms with van der Waals surface area (Å²) in [5.41, 5.74) is 1.70. The molecule has 0 aliphatic rings. The first-order chi connectivity index (χ1) is 13.8. The highest BCUT2D eigenvalue weighted by atomic mass is 35.5. The number of aromatic nitrogens is 2. The SMILES string of the molecule is C[C@@H](Oc1cc(-n2cnc3cc(Cl)c(F)cc32)sc1C(=O)O)c1ccccc1Cl. The van der Waals surface area contributed by atoms with E-state index >= 15 is 0 Å². The molecule has 29 heavy (non-hydrogen) atoms. The number of carboxylic acid groups (broad SMARTS) is 1. The van der Waals surface area contributed by atoms with Gasteiger partial charge in [0.1, 0.15) is 29.0 Å². The number of nitrogens with zero attached hydrogens (tertiary/aromatic N) is 2. The summed E-state index contributed by atoms with van der Waals surface area (Å²) in [5.74, 6) is -1.51. The van der Waals surface area contributed by atoms with Crippen molar-refractivity contribution in [2.45, 2.75) is 13.0 Å². The van der Waals surface area contributed by atoms with Crippen molar-refractivity contribution < 1.29 is 19.0 Å². The van der Waals surface area contributed by atoms with E-state index in [1.54, 1.807) is 29.7 Å². The lowest BCUT2D eigenvalue weighted by Crippen LogP contribution is -2.06. The zero-order valence-electron chi connectivity index (χ0n) is 14.9. The van der Waals surface area contributed by atoms with Crippen LogP contribution in [0.3, 0.4) is 0 Å². The van der Waals surface area contributed by atoms with Gasteiger partial charge in [0.2, 0.25) is 0 Å². The third-order valence-corrected chi connectivity index (χ3v) is 6.09. The van der Waals surface area contributed by atoms with Crippen LogP contribution in [-0.4, -0.2) is 20.6 Å². The quantitative estimate of drug-likeness (QED) is 0.383.